The topological polar surface area (TPSA) is 95.5 Å². The molecule has 2 amide bonds. The Balaban J connectivity index is 1.94. The highest BCUT2D eigenvalue weighted by molar-refractivity contribution is 5.98. The van der Waals surface area contributed by atoms with Gasteiger partial charge in [-0.2, -0.15) is 0 Å². The summed E-state index contributed by atoms with van der Waals surface area (Å²) in [6.07, 6.45) is 0.902. The third-order valence-electron chi connectivity index (χ3n) is 3.83. The molecule has 6 heteroatoms. The highest BCUT2D eigenvalue weighted by Crippen LogP contribution is 2.38. The molecule has 1 fully saturated rings. The van der Waals surface area contributed by atoms with E-state index in [2.05, 4.69) is 10.6 Å². The predicted molar refractivity (Wildman–Crippen MR) is 81.5 cm³/mol. The molecule has 0 saturated heterocycles. The number of carbonyl (C=O) groups excluding carboxylic acids is 2. The number of rotatable bonds is 6. The van der Waals surface area contributed by atoms with Crippen LogP contribution in [0.5, 0.6) is 0 Å². The molecular weight excluding hydrogens is 284 g/mol. The minimum Gasteiger partial charge on any atom is -0.481 e. The Morgan fingerprint density at radius 1 is 1.36 bits per heavy atom. The molecule has 1 aromatic rings. The van der Waals surface area contributed by atoms with Crippen molar-refractivity contribution in [3.8, 4) is 0 Å². The fraction of sp³-hybridized carbons (Fsp3) is 0.438. The van der Waals surface area contributed by atoms with Crippen LogP contribution >= 0.6 is 0 Å². The summed E-state index contributed by atoms with van der Waals surface area (Å²) in [4.78, 5) is 34.6. The Kier molecular flexibility index (Phi) is 4.80. The Labute approximate surface area is 128 Å². The highest BCUT2D eigenvalue weighted by atomic mass is 16.4. The second kappa shape index (κ2) is 6.60. The predicted octanol–water partition coefficient (Wildman–Crippen LogP) is 1.73. The number of hydrogen-bond acceptors (Lipinski definition) is 3. The minimum atomic E-state index is -0.958. The van der Waals surface area contributed by atoms with Gasteiger partial charge in [0.25, 0.3) is 5.91 Å². The first-order valence-electron chi connectivity index (χ1n) is 7.30. The number of carboxylic acid groups (broad SMARTS) is 1. The number of carbonyl (C=O) groups is 3. The third kappa shape index (κ3) is 4.07. The zero-order chi connectivity index (χ0) is 16.3. The summed E-state index contributed by atoms with van der Waals surface area (Å²) in [5.41, 5.74) is 0.960. The van der Waals surface area contributed by atoms with Crippen LogP contribution in [0.2, 0.25) is 0 Å². The fourth-order valence-electron chi connectivity index (χ4n) is 2.10. The van der Waals surface area contributed by atoms with Gasteiger partial charge in [0.05, 0.1) is 5.92 Å². The number of nitrogens with one attached hydrogen (secondary N) is 2. The van der Waals surface area contributed by atoms with Crippen LogP contribution in [-0.2, 0) is 9.59 Å². The zero-order valence-corrected chi connectivity index (χ0v) is 12.6. The Hall–Kier alpha value is -2.37. The largest absolute Gasteiger partial charge is 0.481 e. The number of anilines is 1. The summed E-state index contributed by atoms with van der Waals surface area (Å²) in [6, 6.07) is 6.62. The molecule has 0 heterocycles. The van der Waals surface area contributed by atoms with Crippen molar-refractivity contribution in [1.29, 1.82) is 0 Å². The average molecular weight is 304 g/mol. The van der Waals surface area contributed by atoms with E-state index in [1.807, 2.05) is 6.92 Å². The maximum absolute atomic E-state index is 12.0. The summed E-state index contributed by atoms with van der Waals surface area (Å²) < 4.78 is 0. The van der Waals surface area contributed by atoms with Gasteiger partial charge in [0.2, 0.25) is 5.91 Å². The molecule has 1 saturated carbocycles. The van der Waals surface area contributed by atoms with Crippen molar-refractivity contribution >= 4 is 23.5 Å². The number of carboxylic acids is 1. The van der Waals surface area contributed by atoms with Gasteiger partial charge >= 0.3 is 5.97 Å². The van der Waals surface area contributed by atoms with Crippen molar-refractivity contribution in [2.45, 2.75) is 20.3 Å². The Morgan fingerprint density at radius 3 is 2.64 bits per heavy atom. The van der Waals surface area contributed by atoms with Crippen LogP contribution in [0, 0.1) is 17.8 Å². The minimum absolute atomic E-state index is 0.0236. The molecule has 22 heavy (non-hydrogen) atoms. The van der Waals surface area contributed by atoms with E-state index in [1.165, 1.54) is 6.92 Å². The molecule has 1 aliphatic rings. The van der Waals surface area contributed by atoms with Gasteiger partial charge in [-0.05, 0) is 30.5 Å². The van der Waals surface area contributed by atoms with Crippen molar-refractivity contribution in [2.24, 2.45) is 17.8 Å². The SMILES string of the molecule is CC(CNC(=O)c1cccc(NC(=O)C2CC2C)c1)C(=O)O. The van der Waals surface area contributed by atoms with E-state index < -0.39 is 11.9 Å². The van der Waals surface area contributed by atoms with E-state index in [0.29, 0.717) is 17.2 Å². The first kappa shape index (κ1) is 16.0. The maximum Gasteiger partial charge on any atom is 0.308 e. The monoisotopic (exact) mass is 304 g/mol. The first-order chi connectivity index (χ1) is 10.4. The lowest BCUT2D eigenvalue weighted by molar-refractivity contribution is -0.140. The molecule has 0 bridgehead atoms. The maximum atomic E-state index is 12.0. The smallest absolute Gasteiger partial charge is 0.308 e. The summed E-state index contributed by atoms with van der Waals surface area (Å²) >= 11 is 0. The molecule has 1 aromatic carbocycles. The van der Waals surface area contributed by atoms with Crippen molar-refractivity contribution < 1.29 is 19.5 Å². The van der Waals surface area contributed by atoms with Gasteiger partial charge in [-0.15, -0.1) is 0 Å². The van der Waals surface area contributed by atoms with Crippen molar-refractivity contribution in [3.05, 3.63) is 29.8 Å². The van der Waals surface area contributed by atoms with Crippen LogP contribution in [0.4, 0.5) is 5.69 Å². The van der Waals surface area contributed by atoms with Gasteiger partial charge < -0.3 is 15.7 Å². The van der Waals surface area contributed by atoms with E-state index in [0.717, 1.165) is 6.42 Å². The van der Waals surface area contributed by atoms with Crippen LogP contribution in [0.25, 0.3) is 0 Å². The van der Waals surface area contributed by atoms with Gasteiger partial charge in [0, 0.05) is 23.7 Å². The molecule has 118 valence electrons. The summed E-state index contributed by atoms with van der Waals surface area (Å²) in [5.74, 6) is -1.51. The molecule has 6 nitrogen and oxygen atoms in total. The number of aliphatic carboxylic acids is 1. The molecule has 0 aromatic heterocycles. The van der Waals surface area contributed by atoms with Crippen LogP contribution < -0.4 is 10.6 Å². The summed E-state index contributed by atoms with van der Waals surface area (Å²) in [7, 11) is 0. The van der Waals surface area contributed by atoms with Gasteiger partial charge in [0.1, 0.15) is 0 Å². The molecule has 3 atom stereocenters. The van der Waals surface area contributed by atoms with Crippen LogP contribution in [0.1, 0.15) is 30.6 Å². The first-order valence-corrected chi connectivity index (χ1v) is 7.30. The van der Waals surface area contributed by atoms with E-state index >= 15 is 0 Å². The lowest BCUT2D eigenvalue weighted by atomic mass is 10.1. The molecule has 0 aliphatic heterocycles. The van der Waals surface area contributed by atoms with Crippen LogP contribution in [-0.4, -0.2) is 29.4 Å². The molecular formula is C16H20N2O4. The lowest BCUT2D eigenvalue weighted by Gasteiger charge is -2.10. The second-order valence-corrected chi connectivity index (χ2v) is 5.84. The van der Waals surface area contributed by atoms with Crippen LogP contribution in [0.15, 0.2) is 24.3 Å². The number of hydrogen-bond donors (Lipinski definition) is 3. The molecule has 1 aliphatic carbocycles. The van der Waals surface area contributed by atoms with Gasteiger partial charge in [-0.25, -0.2) is 0 Å². The van der Waals surface area contributed by atoms with Crippen LogP contribution in [0.3, 0.4) is 0 Å². The Morgan fingerprint density at radius 2 is 2.05 bits per heavy atom. The summed E-state index contributed by atoms with van der Waals surface area (Å²) in [5, 5.41) is 14.2. The van der Waals surface area contributed by atoms with Crippen molar-refractivity contribution in [3.63, 3.8) is 0 Å². The lowest BCUT2D eigenvalue weighted by Crippen LogP contribution is -2.31. The highest BCUT2D eigenvalue weighted by Gasteiger charge is 2.39. The standard InChI is InChI=1S/C16H20N2O4/c1-9-6-13(9)15(20)18-12-5-3-4-11(7-12)14(19)17-8-10(2)16(21)22/h3-5,7,9-10,13H,6,8H2,1-2H3,(H,17,19)(H,18,20)(H,21,22). The third-order valence-corrected chi connectivity index (χ3v) is 3.83. The molecule has 2 rings (SSSR count). The van der Waals surface area contributed by atoms with E-state index in [1.54, 1.807) is 24.3 Å². The van der Waals surface area contributed by atoms with E-state index in [4.69, 9.17) is 5.11 Å². The van der Waals surface area contributed by atoms with E-state index in [9.17, 15) is 14.4 Å². The zero-order valence-electron chi connectivity index (χ0n) is 12.6. The van der Waals surface area contributed by atoms with Gasteiger partial charge in [-0.1, -0.05) is 19.9 Å². The molecule has 3 N–H and O–H groups in total. The Bertz CT molecular complexity index is 600. The van der Waals surface area contributed by atoms with Gasteiger partial charge in [0.15, 0.2) is 0 Å². The number of amides is 2. The molecule has 0 radical (unpaired) electrons. The molecule has 3 unspecified atom stereocenters. The fourth-order valence-corrected chi connectivity index (χ4v) is 2.10. The normalized spacial score (nSPS) is 20.8. The van der Waals surface area contributed by atoms with Crippen molar-refractivity contribution in [2.75, 3.05) is 11.9 Å². The second-order valence-electron chi connectivity index (χ2n) is 5.84. The average Bonchev–Trinajstić information content (AvgIpc) is 3.21. The number of benzene rings is 1. The van der Waals surface area contributed by atoms with Gasteiger partial charge in [-0.3, -0.25) is 14.4 Å². The quantitative estimate of drug-likeness (QED) is 0.746. The molecule has 0 spiro atoms. The van der Waals surface area contributed by atoms with E-state index in [-0.39, 0.29) is 24.3 Å². The van der Waals surface area contributed by atoms with Crippen molar-refractivity contribution in [1.82, 2.24) is 5.32 Å². The summed E-state index contributed by atoms with van der Waals surface area (Å²) in [6.45, 7) is 3.61.